The Morgan fingerprint density at radius 1 is 0.682 bits per heavy atom. The standard InChI is InChI=1S/C16H12Br2N2O2/c17-11-1-5-13(6-2-11)19-15(21)9-10-16(22)20-14-7-3-12(18)4-8-14/h1-10H,(H,19,21)(H,20,22). The van der Waals surface area contributed by atoms with E-state index < -0.39 is 0 Å². The summed E-state index contributed by atoms with van der Waals surface area (Å²) in [4.78, 5) is 23.4. The molecule has 112 valence electrons. The second-order valence-corrected chi connectivity index (χ2v) is 6.16. The molecule has 0 aliphatic rings. The lowest BCUT2D eigenvalue weighted by molar-refractivity contribution is -0.114. The summed E-state index contributed by atoms with van der Waals surface area (Å²) in [6, 6.07) is 14.3. The summed E-state index contributed by atoms with van der Waals surface area (Å²) < 4.78 is 1.85. The zero-order valence-corrected chi connectivity index (χ0v) is 14.5. The van der Waals surface area contributed by atoms with E-state index in [9.17, 15) is 9.59 Å². The monoisotopic (exact) mass is 422 g/mol. The van der Waals surface area contributed by atoms with E-state index in [1.54, 1.807) is 24.3 Å². The Bertz CT molecular complexity index is 634. The van der Waals surface area contributed by atoms with Gasteiger partial charge in [-0.15, -0.1) is 0 Å². The molecule has 0 unspecified atom stereocenters. The lowest BCUT2D eigenvalue weighted by Crippen LogP contribution is -2.11. The van der Waals surface area contributed by atoms with Gasteiger partial charge in [0, 0.05) is 32.5 Å². The Morgan fingerprint density at radius 3 is 1.32 bits per heavy atom. The molecule has 2 N–H and O–H groups in total. The van der Waals surface area contributed by atoms with E-state index in [4.69, 9.17) is 0 Å². The molecule has 6 heteroatoms. The van der Waals surface area contributed by atoms with Gasteiger partial charge in [0.25, 0.3) is 0 Å². The van der Waals surface area contributed by atoms with Crippen LogP contribution in [0.25, 0.3) is 0 Å². The number of carbonyl (C=O) groups is 2. The number of benzene rings is 2. The smallest absolute Gasteiger partial charge is 0.248 e. The number of hydrogen-bond acceptors (Lipinski definition) is 2. The minimum Gasteiger partial charge on any atom is -0.323 e. The zero-order valence-electron chi connectivity index (χ0n) is 11.3. The molecule has 0 saturated carbocycles. The molecule has 0 saturated heterocycles. The highest BCUT2D eigenvalue weighted by Crippen LogP contribution is 2.15. The minimum absolute atomic E-state index is 0.367. The van der Waals surface area contributed by atoms with Crippen LogP contribution in [-0.2, 0) is 9.59 Å². The van der Waals surface area contributed by atoms with Crippen molar-refractivity contribution < 1.29 is 9.59 Å². The van der Waals surface area contributed by atoms with Crippen molar-refractivity contribution in [3.05, 3.63) is 69.6 Å². The summed E-state index contributed by atoms with van der Waals surface area (Å²) in [5, 5.41) is 5.33. The summed E-state index contributed by atoms with van der Waals surface area (Å²) in [6.07, 6.45) is 2.38. The molecule has 0 radical (unpaired) electrons. The Hall–Kier alpha value is -1.92. The Balaban J connectivity index is 1.87. The van der Waals surface area contributed by atoms with Crippen molar-refractivity contribution in [1.82, 2.24) is 0 Å². The van der Waals surface area contributed by atoms with Gasteiger partial charge in [-0.25, -0.2) is 0 Å². The number of rotatable bonds is 4. The van der Waals surface area contributed by atoms with Gasteiger partial charge in [0.15, 0.2) is 0 Å². The third kappa shape index (κ3) is 5.46. The van der Waals surface area contributed by atoms with E-state index in [-0.39, 0.29) is 11.8 Å². The molecule has 0 atom stereocenters. The first-order chi connectivity index (χ1) is 10.5. The molecule has 2 rings (SSSR count). The van der Waals surface area contributed by atoms with Crippen molar-refractivity contribution in [2.24, 2.45) is 0 Å². The third-order valence-electron chi connectivity index (χ3n) is 2.61. The van der Waals surface area contributed by atoms with Gasteiger partial charge in [0.1, 0.15) is 0 Å². The fraction of sp³-hybridized carbons (Fsp3) is 0. The second kappa shape index (κ2) is 7.91. The van der Waals surface area contributed by atoms with E-state index in [2.05, 4.69) is 42.5 Å². The Kier molecular flexibility index (Phi) is 5.91. The summed E-state index contributed by atoms with van der Waals surface area (Å²) in [7, 11) is 0. The predicted octanol–water partition coefficient (Wildman–Crippen LogP) is 4.35. The lowest BCUT2D eigenvalue weighted by Gasteiger charge is -2.03. The Morgan fingerprint density at radius 2 is 1.00 bits per heavy atom. The molecule has 0 fully saturated rings. The normalized spacial score (nSPS) is 10.5. The van der Waals surface area contributed by atoms with Gasteiger partial charge in [-0.1, -0.05) is 31.9 Å². The van der Waals surface area contributed by atoms with Crippen molar-refractivity contribution >= 4 is 55.0 Å². The summed E-state index contributed by atoms with van der Waals surface area (Å²) >= 11 is 6.63. The maximum Gasteiger partial charge on any atom is 0.248 e. The highest BCUT2D eigenvalue weighted by Gasteiger charge is 2.01. The number of amides is 2. The average molecular weight is 424 g/mol. The fourth-order valence-corrected chi connectivity index (χ4v) is 2.11. The number of hydrogen-bond donors (Lipinski definition) is 2. The van der Waals surface area contributed by atoms with Crippen LogP contribution in [0, 0.1) is 0 Å². The third-order valence-corrected chi connectivity index (χ3v) is 3.67. The van der Waals surface area contributed by atoms with Crippen LogP contribution in [0.4, 0.5) is 11.4 Å². The lowest BCUT2D eigenvalue weighted by atomic mass is 10.3. The molecular weight excluding hydrogens is 412 g/mol. The van der Waals surface area contributed by atoms with Crippen LogP contribution in [0.3, 0.4) is 0 Å². The van der Waals surface area contributed by atoms with Gasteiger partial charge in [0.05, 0.1) is 0 Å². The summed E-state index contributed by atoms with van der Waals surface area (Å²) in [5.74, 6) is -0.735. The highest BCUT2D eigenvalue weighted by atomic mass is 79.9. The van der Waals surface area contributed by atoms with Gasteiger partial charge in [-0.3, -0.25) is 9.59 Å². The first-order valence-corrected chi connectivity index (χ1v) is 7.93. The molecule has 2 aromatic rings. The minimum atomic E-state index is -0.367. The van der Waals surface area contributed by atoms with Gasteiger partial charge in [-0.2, -0.15) is 0 Å². The van der Waals surface area contributed by atoms with E-state index in [1.807, 2.05) is 24.3 Å². The highest BCUT2D eigenvalue weighted by molar-refractivity contribution is 9.10. The fourth-order valence-electron chi connectivity index (χ4n) is 1.59. The second-order valence-electron chi connectivity index (χ2n) is 4.33. The van der Waals surface area contributed by atoms with Crippen LogP contribution in [0.15, 0.2) is 69.6 Å². The summed E-state index contributed by atoms with van der Waals surface area (Å²) in [5.41, 5.74) is 1.32. The number of halogens is 2. The molecule has 4 nitrogen and oxygen atoms in total. The molecule has 2 aromatic carbocycles. The van der Waals surface area contributed by atoms with E-state index in [0.29, 0.717) is 11.4 Å². The molecule has 0 bridgehead atoms. The van der Waals surface area contributed by atoms with Gasteiger partial charge in [-0.05, 0) is 48.5 Å². The molecular formula is C16H12Br2N2O2. The maximum atomic E-state index is 11.7. The summed E-state index contributed by atoms with van der Waals surface area (Å²) in [6.45, 7) is 0. The molecule has 0 aliphatic carbocycles. The average Bonchev–Trinajstić information content (AvgIpc) is 2.50. The zero-order chi connectivity index (χ0) is 15.9. The van der Waals surface area contributed by atoms with Crippen molar-refractivity contribution in [1.29, 1.82) is 0 Å². The van der Waals surface area contributed by atoms with Crippen LogP contribution in [0.5, 0.6) is 0 Å². The number of nitrogens with one attached hydrogen (secondary N) is 2. The Labute approximate surface area is 144 Å². The first kappa shape index (κ1) is 16.5. The van der Waals surface area contributed by atoms with Crippen LogP contribution in [0.2, 0.25) is 0 Å². The van der Waals surface area contributed by atoms with E-state index in [0.717, 1.165) is 8.95 Å². The number of anilines is 2. The topological polar surface area (TPSA) is 58.2 Å². The van der Waals surface area contributed by atoms with E-state index in [1.165, 1.54) is 12.2 Å². The van der Waals surface area contributed by atoms with Crippen LogP contribution in [-0.4, -0.2) is 11.8 Å². The molecule has 0 aliphatic heterocycles. The SMILES string of the molecule is O=C(C=CC(=O)Nc1ccc(Br)cc1)Nc1ccc(Br)cc1. The van der Waals surface area contributed by atoms with Crippen LogP contribution in [0.1, 0.15) is 0 Å². The van der Waals surface area contributed by atoms with Crippen LogP contribution < -0.4 is 10.6 Å². The van der Waals surface area contributed by atoms with Crippen LogP contribution >= 0.6 is 31.9 Å². The molecule has 2 amide bonds. The molecule has 0 heterocycles. The maximum absolute atomic E-state index is 11.7. The predicted molar refractivity (Wildman–Crippen MR) is 94.7 cm³/mol. The van der Waals surface area contributed by atoms with Crippen molar-refractivity contribution in [2.75, 3.05) is 10.6 Å². The van der Waals surface area contributed by atoms with E-state index >= 15 is 0 Å². The first-order valence-electron chi connectivity index (χ1n) is 6.34. The van der Waals surface area contributed by atoms with Crippen molar-refractivity contribution in [2.45, 2.75) is 0 Å². The molecule has 0 aromatic heterocycles. The molecule has 22 heavy (non-hydrogen) atoms. The molecule has 0 spiro atoms. The van der Waals surface area contributed by atoms with Crippen molar-refractivity contribution in [3.8, 4) is 0 Å². The van der Waals surface area contributed by atoms with Gasteiger partial charge >= 0.3 is 0 Å². The van der Waals surface area contributed by atoms with Gasteiger partial charge < -0.3 is 10.6 Å². The quantitative estimate of drug-likeness (QED) is 0.718. The van der Waals surface area contributed by atoms with Gasteiger partial charge in [0.2, 0.25) is 11.8 Å². The largest absolute Gasteiger partial charge is 0.323 e. The number of carbonyl (C=O) groups excluding carboxylic acids is 2. The van der Waals surface area contributed by atoms with Crippen molar-refractivity contribution in [3.63, 3.8) is 0 Å².